The van der Waals surface area contributed by atoms with E-state index < -0.39 is 44.7 Å². The van der Waals surface area contributed by atoms with Gasteiger partial charge in [-0.2, -0.15) is 0 Å². The number of fused-ring (bicyclic) bond motifs is 5. The molecular weight excluding hydrogens is 1000 g/mol. The number of unbranched alkanes of at least 4 members (excludes halogenated alkanes) is 3. The van der Waals surface area contributed by atoms with Crippen molar-refractivity contribution in [2.75, 3.05) is 56.7 Å². The number of benzene rings is 6. The normalized spacial score (nSPS) is 11.6. The number of aromatic nitrogens is 2. The first-order chi connectivity index (χ1) is 36.9. The van der Waals surface area contributed by atoms with E-state index >= 15 is 8.78 Å². The van der Waals surface area contributed by atoms with Crippen LogP contribution in [0.3, 0.4) is 0 Å². The number of nitrogens with zero attached hydrogens (tertiary/aromatic N) is 3. The number of nitrogens with one attached hydrogen (secondary N) is 4. The Hall–Kier alpha value is -8.77. The smallest absolute Gasteiger partial charge is 0.336 e. The molecule has 15 nitrogen and oxygen atoms in total. The first-order valence-electron chi connectivity index (χ1n) is 25.1. The van der Waals surface area contributed by atoms with Crippen molar-refractivity contribution in [2.24, 2.45) is 0 Å². The lowest BCUT2D eigenvalue weighted by atomic mass is 9.89. The number of carboxylic acid groups (broad SMARTS) is 1. The van der Waals surface area contributed by atoms with E-state index in [9.17, 15) is 32.7 Å². The summed E-state index contributed by atoms with van der Waals surface area (Å²) in [6.45, 7) is 2.47. The third kappa shape index (κ3) is 11.3. The number of aromatic carboxylic acids is 1. The van der Waals surface area contributed by atoms with Crippen molar-refractivity contribution in [1.82, 2.24) is 25.2 Å². The first kappa shape index (κ1) is 53.1. The predicted octanol–water partition coefficient (Wildman–Crippen LogP) is 10.1. The molecule has 2 amide bonds. The average Bonchev–Trinajstić information content (AvgIpc) is 3.79. The second kappa shape index (κ2) is 22.2. The highest BCUT2D eigenvalue weighted by atomic mass is 32.2. The van der Waals surface area contributed by atoms with Gasteiger partial charge in [0, 0.05) is 106 Å². The number of halogens is 2. The summed E-state index contributed by atoms with van der Waals surface area (Å²) in [5.41, 5.74) is 5.30. The van der Waals surface area contributed by atoms with Crippen molar-refractivity contribution in [2.45, 2.75) is 39.0 Å². The van der Waals surface area contributed by atoms with E-state index in [4.69, 9.17) is 4.42 Å². The van der Waals surface area contributed by atoms with Crippen LogP contribution in [-0.4, -0.2) is 94.1 Å². The maximum atomic E-state index is 15.5. The second-order valence-electron chi connectivity index (χ2n) is 19.2. The number of ketones is 1. The summed E-state index contributed by atoms with van der Waals surface area (Å²) < 4.78 is 65.7. The van der Waals surface area contributed by atoms with Gasteiger partial charge >= 0.3 is 5.97 Å². The Morgan fingerprint density at radius 1 is 0.727 bits per heavy atom. The van der Waals surface area contributed by atoms with Gasteiger partial charge in [-0.1, -0.05) is 38.0 Å². The van der Waals surface area contributed by atoms with Crippen LogP contribution in [0.1, 0.15) is 86.0 Å². The molecule has 3 heterocycles. The van der Waals surface area contributed by atoms with Crippen molar-refractivity contribution in [3.63, 3.8) is 0 Å². The van der Waals surface area contributed by atoms with Gasteiger partial charge < -0.3 is 30.0 Å². The highest BCUT2D eigenvalue weighted by molar-refractivity contribution is 7.92. The summed E-state index contributed by atoms with van der Waals surface area (Å²) in [6, 6.07) is 31.6. The molecule has 0 saturated carbocycles. The number of carbonyl (C=O) groups excluding carboxylic acids is 3. The second-order valence-corrected chi connectivity index (χ2v) is 21.1. The summed E-state index contributed by atoms with van der Waals surface area (Å²) in [4.78, 5) is 62.6. The molecule has 0 unspecified atom stereocenters. The lowest BCUT2D eigenvalue weighted by Gasteiger charge is -2.19. The molecule has 2 aliphatic rings. The van der Waals surface area contributed by atoms with Gasteiger partial charge in [-0.25, -0.2) is 31.6 Å². The molecule has 18 heteroatoms. The number of amides is 2. The van der Waals surface area contributed by atoms with Crippen LogP contribution < -0.4 is 30.2 Å². The fourth-order valence-electron chi connectivity index (χ4n) is 9.36. The van der Waals surface area contributed by atoms with Gasteiger partial charge in [0.1, 0.15) is 36.9 Å². The Labute approximate surface area is 442 Å². The molecule has 1 aliphatic heterocycles. The molecule has 394 valence electrons. The number of hydrogen-bond donors (Lipinski definition) is 5. The molecular formula is C59H56F2N7O8S+. The van der Waals surface area contributed by atoms with Crippen LogP contribution >= 0.6 is 0 Å². The molecule has 5 aromatic carbocycles. The summed E-state index contributed by atoms with van der Waals surface area (Å²) in [5.74, 6) is -4.87. The minimum atomic E-state index is -3.92. The summed E-state index contributed by atoms with van der Waals surface area (Å²) in [7, 11) is 3.83. The molecule has 2 aromatic heterocycles. The molecule has 0 bridgehead atoms. The van der Waals surface area contributed by atoms with Gasteiger partial charge in [0.15, 0.2) is 11.6 Å². The number of carbonyl (C=O) groups is 4. The predicted molar refractivity (Wildman–Crippen MR) is 296 cm³/mol. The zero-order valence-electron chi connectivity index (χ0n) is 43.0. The number of rotatable bonds is 19. The minimum Gasteiger partial charge on any atom is -0.478 e. The van der Waals surface area contributed by atoms with Crippen LogP contribution in [0.2, 0.25) is 0 Å². The van der Waals surface area contributed by atoms with Crippen LogP contribution in [0, 0.1) is 11.6 Å². The van der Waals surface area contributed by atoms with E-state index in [0.29, 0.717) is 81.5 Å². The molecule has 1 aliphatic carbocycles. The highest BCUT2D eigenvalue weighted by Gasteiger charge is 2.26. The van der Waals surface area contributed by atoms with E-state index in [1.807, 2.05) is 80.1 Å². The quantitative estimate of drug-likeness (QED) is 0.0224. The monoisotopic (exact) mass is 1060 g/mol. The van der Waals surface area contributed by atoms with Crippen LogP contribution in [0.25, 0.3) is 66.5 Å². The molecule has 0 saturated heterocycles. The van der Waals surface area contributed by atoms with Crippen molar-refractivity contribution >= 4 is 77.9 Å². The molecule has 0 spiro atoms. The van der Waals surface area contributed by atoms with E-state index in [0.717, 1.165) is 52.5 Å². The van der Waals surface area contributed by atoms with Crippen molar-refractivity contribution in [3.05, 3.63) is 166 Å². The maximum absolute atomic E-state index is 15.5. The molecule has 0 radical (unpaired) electrons. The first-order valence-corrected chi connectivity index (χ1v) is 26.7. The lowest BCUT2D eigenvalue weighted by Crippen LogP contribution is -2.25. The van der Waals surface area contributed by atoms with Gasteiger partial charge in [-0.3, -0.25) is 19.1 Å². The average molecular weight is 1060 g/mol. The minimum absolute atomic E-state index is 0.00719. The largest absolute Gasteiger partial charge is 0.478 e. The number of H-pyrrole nitrogens is 1. The summed E-state index contributed by atoms with van der Waals surface area (Å²) >= 11 is 0. The number of hydrogen-bond acceptors (Lipinski definition) is 9. The summed E-state index contributed by atoms with van der Waals surface area (Å²) in [6.07, 6.45) is 4.92. The maximum Gasteiger partial charge on any atom is 0.336 e. The fraction of sp³-hybridized carbons (Fsp3) is 0.220. The van der Waals surface area contributed by atoms with Gasteiger partial charge in [0.2, 0.25) is 15.4 Å². The number of anilines is 2. The van der Waals surface area contributed by atoms with Gasteiger partial charge in [-0.05, 0) is 109 Å². The molecule has 0 fully saturated rings. The van der Waals surface area contributed by atoms with Gasteiger partial charge in [0.05, 0.1) is 28.6 Å². The Balaban J connectivity index is 0.781. The number of sulfonamides is 1. The molecule has 9 rings (SSSR count). The molecule has 7 aromatic rings. The zero-order chi connectivity index (χ0) is 54.7. The van der Waals surface area contributed by atoms with E-state index in [-0.39, 0.29) is 40.7 Å². The van der Waals surface area contributed by atoms with Crippen molar-refractivity contribution in [1.29, 1.82) is 0 Å². The molecule has 0 atom stereocenters. The standard InChI is InChI=1S/C59H55F2N7O8S/c1-6-27-77(74,75)66-49-24-22-47(60)53(54(49)61)55(69)36-16-23-48-44(28-36)45-30-38(33-64-56(45)65-48)34-11-13-35(14-12-34)57(70)62-25-9-7-8-10-26-63-58(71)37-15-19-41(46(29-37)59(72)73)52-42-20-17-39(67(2)3)31-50(42)76-51-32-40(68(4)5)18-21-43(51)52/h11-24,28-33,66H,6-10,25-27H2,1-5H3,(H3-,62,63,64,65,69,70,71,72,73)/p+1. The van der Waals surface area contributed by atoms with E-state index in [1.54, 1.807) is 55.6 Å². The zero-order valence-corrected chi connectivity index (χ0v) is 43.8. The van der Waals surface area contributed by atoms with Crippen molar-refractivity contribution < 1.29 is 45.9 Å². The number of aromatic amines is 1. The Morgan fingerprint density at radius 2 is 1.42 bits per heavy atom. The lowest BCUT2D eigenvalue weighted by molar-refractivity contribution is 0.0697. The third-order valence-corrected chi connectivity index (χ3v) is 14.9. The fourth-order valence-corrected chi connectivity index (χ4v) is 10.5. The Kier molecular flexibility index (Phi) is 15.3. The van der Waals surface area contributed by atoms with Crippen molar-refractivity contribution in [3.8, 4) is 33.6 Å². The van der Waals surface area contributed by atoms with Gasteiger partial charge in [0.25, 0.3) is 11.8 Å². The van der Waals surface area contributed by atoms with E-state index in [2.05, 4.69) is 25.3 Å². The third-order valence-electron chi connectivity index (χ3n) is 13.4. The van der Waals surface area contributed by atoms with E-state index in [1.165, 1.54) is 18.2 Å². The molecule has 5 N–H and O–H groups in total. The van der Waals surface area contributed by atoms with Crippen LogP contribution in [0.4, 0.5) is 20.2 Å². The van der Waals surface area contributed by atoms with Crippen LogP contribution in [0.5, 0.6) is 0 Å². The highest BCUT2D eigenvalue weighted by Crippen LogP contribution is 2.42. The number of carboxylic acids is 1. The number of pyridine rings is 1. The topological polar surface area (TPSA) is 207 Å². The Morgan fingerprint density at radius 3 is 2.10 bits per heavy atom. The molecule has 77 heavy (non-hydrogen) atoms. The van der Waals surface area contributed by atoms with Gasteiger partial charge in [-0.15, -0.1) is 0 Å². The van der Waals surface area contributed by atoms with Crippen LogP contribution in [-0.2, 0) is 10.0 Å². The summed E-state index contributed by atoms with van der Waals surface area (Å²) in [5, 5.41) is 19.2. The SMILES string of the molecule is CCCS(=O)(=O)Nc1ccc(F)c(C(=O)c2ccc3[nH]c4ncc(-c5ccc(C(=O)NCCCCCCNC(=O)c6ccc(-c7c8ccc(=[N+](C)C)cc-8oc8cc(N(C)C)ccc78)c(C(=O)O)c6)cc5)cc4c3c2)c1F. The Bertz CT molecular complexity index is 3960. The van der Waals surface area contributed by atoms with Crippen LogP contribution in [0.15, 0.2) is 126 Å².